The highest BCUT2D eigenvalue weighted by Crippen LogP contribution is 2.27. The number of aromatic nitrogens is 2. The van der Waals surface area contributed by atoms with Gasteiger partial charge in [0.15, 0.2) is 0 Å². The molecule has 1 aromatic heterocycles. The zero-order valence-corrected chi connectivity index (χ0v) is 16.6. The zero-order chi connectivity index (χ0) is 17.2. The molecule has 0 aliphatic heterocycles. The lowest BCUT2D eigenvalue weighted by Gasteiger charge is -2.19. The molecule has 5 heteroatoms. The minimum Gasteiger partial charge on any atom is -0.333 e. The van der Waals surface area contributed by atoms with Gasteiger partial charge in [-0.15, -0.1) is 0 Å². The fraction of sp³-hybridized carbons (Fsp3) is 0.526. The summed E-state index contributed by atoms with van der Waals surface area (Å²) < 4.78 is 2.19. The number of unbranched alkanes of at least 4 members (excludes halogenated alkanes) is 4. The molecule has 0 spiro atoms. The third kappa shape index (κ3) is 6.70. The topological polar surface area (TPSA) is 17.8 Å². The summed E-state index contributed by atoms with van der Waals surface area (Å²) in [6, 6.07) is 6.13. The molecule has 0 radical (unpaired) electrons. The van der Waals surface area contributed by atoms with Gasteiger partial charge >= 0.3 is 0 Å². The Bertz CT molecular complexity index is 587. The Kier molecular flexibility index (Phi) is 9.08. The van der Waals surface area contributed by atoms with Crippen LogP contribution >= 0.6 is 35.0 Å². The van der Waals surface area contributed by atoms with Gasteiger partial charge in [-0.3, -0.25) is 0 Å². The second-order valence-corrected chi connectivity index (χ2v) is 8.09. The van der Waals surface area contributed by atoms with Crippen LogP contribution in [-0.4, -0.2) is 21.1 Å². The molecule has 132 valence electrons. The number of halogens is 2. The van der Waals surface area contributed by atoms with Gasteiger partial charge in [0, 0.05) is 34.2 Å². The van der Waals surface area contributed by atoms with E-state index in [4.69, 9.17) is 23.2 Å². The summed E-state index contributed by atoms with van der Waals surface area (Å²) in [4.78, 5) is 4.20. The smallest absolute Gasteiger partial charge is 0.0948 e. The molecule has 0 saturated heterocycles. The summed E-state index contributed by atoms with van der Waals surface area (Å²) in [6.07, 6.45) is 13.4. The van der Waals surface area contributed by atoms with Crippen LogP contribution in [-0.2, 0) is 6.42 Å². The number of hydrogen-bond acceptors (Lipinski definition) is 2. The molecule has 1 aromatic carbocycles. The van der Waals surface area contributed by atoms with E-state index in [-0.39, 0.29) is 0 Å². The van der Waals surface area contributed by atoms with Crippen LogP contribution in [0.15, 0.2) is 36.9 Å². The van der Waals surface area contributed by atoms with Crippen molar-refractivity contribution in [1.29, 1.82) is 0 Å². The SMILES string of the molecule is CCCCCCCSC[C@H](Cc1ccc(Cl)cc1Cl)n1ccnc1. The van der Waals surface area contributed by atoms with Crippen LogP contribution < -0.4 is 0 Å². The first-order valence-corrected chi connectivity index (χ1v) is 10.6. The molecule has 1 atom stereocenters. The number of nitrogens with zero attached hydrogens (tertiary/aromatic N) is 2. The van der Waals surface area contributed by atoms with Gasteiger partial charge in [0.25, 0.3) is 0 Å². The fourth-order valence-electron chi connectivity index (χ4n) is 2.70. The number of rotatable bonds is 11. The van der Waals surface area contributed by atoms with Crippen LogP contribution in [0, 0.1) is 0 Å². The number of benzene rings is 1. The minimum absolute atomic E-state index is 0.367. The van der Waals surface area contributed by atoms with E-state index in [2.05, 4.69) is 16.5 Å². The Morgan fingerprint density at radius 3 is 2.71 bits per heavy atom. The molecule has 2 nitrogen and oxygen atoms in total. The van der Waals surface area contributed by atoms with Crippen molar-refractivity contribution in [3.63, 3.8) is 0 Å². The van der Waals surface area contributed by atoms with Crippen molar-refractivity contribution in [3.05, 3.63) is 52.5 Å². The number of hydrogen-bond donors (Lipinski definition) is 0. The third-order valence-electron chi connectivity index (χ3n) is 4.12. The van der Waals surface area contributed by atoms with Crippen molar-refractivity contribution in [2.75, 3.05) is 11.5 Å². The average Bonchev–Trinajstić information content (AvgIpc) is 3.09. The van der Waals surface area contributed by atoms with Crippen molar-refractivity contribution in [2.24, 2.45) is 0 Å². The monoisotopic (exact) mass is 384 g/mol. The lowest BCUT2D eigenvalue weighted by Crippen LogP contribution is -2.14. The summed E-state index contributed by atoms with van der Waals surface area (Å²) >= 11 is 14.4. The quantitative estimate of drug-likeness (QED) is 0.402. The van der Waals surface area contributed by atoms with Gasteiger partial charge in [-0.25, -0.2) is 4.98 Å². The van der Waals surface area contributed by atoms with Gasteiger partial charge in [-0.05, 0) is 36.3 Å². The molecule has 0 amide bonds. The van der Waals surface area contributed by atoms with Crippen molar-refractivity contribution >= 4 is 35.0 Å². The van der Waals surface area contributed by atoms with E-state index in [1.165, 1.54) is 37.9 Å². The van der Waals surface area contributed by atoms with E-state index < -0.39 is 0 Å². The van der Waals surface area contributed by atoms with Crippen LogP contribution in [0.25, 0.3) is 0 Å². The first kappa shape index (κ1) is 19.7. The first-order chi connectivity index (χ1) is 11.7. The summed E-state index contributed by atoms with van der Waals surface area (Å²) in [5.41, 5.74) is 1.14. The van der Waals surface area contributed by atoms with Gasteiger partial charge in [-0.1, -0.05) is 61.9 Å². The molecule has 24 heavy (non-hydrogen) atoms. The molecule has 0 unspecified atom stereocenters. The van der Waals surface area contributed by atoms with Crippen molar-refractivity contribution in [2.45, 2.75) is 51.5 Å². The molecule has 0 aliphatic rings. The summed E-state index contributed by atoms with van der Waals surface area (Å²) in [6.45, 7) is 2.26. The molecular formula is C19H26Cl2N2S. The lowest BCUT2D eigenvalue weighted by molar-refractivity contribution is 0.552. The summed E-state index contributed by atoms with van der Waals surface area (Å²) in [5, 5.41) is 1.43. The predicted molar refractivity (Wildman–Crippen MR) is 108 cm³/mol. The molecule has 0 fully saturated rings. The highest BCUT2D eigenvalue weighted by Gasteiger charge is 2.14. The molecule has 1 heterocycles. The fourth-order valence-corrected chi connectivity index (χ4v) is 4.33. The summed E-state index contributed by atoms with van der Waals surface area (Å²) in [5.74, 6) is 2.30. The van der Waals surface area contributed by atoms with Crippen LogP contribution in [0.1, 0.15) is 50.6 Å². The first-order valence-electron chi connectivity index (χ1n) is 8.69. The van der Waals surface area contributed by atoms with Gasteiger partial charge in [0.05, 0.1) is 6.33 Å². The Labute approximate surface area is 160 Å². The molecule has 0 bridgehead atoms. The van der Waals surface area contributed by atoms with Gasteiger partial charge in [0.1, 0.15) is 0 Å². The van der Waals surface area contributed by atoms with E-state index in [9.17, 15) is 0 Å². The number of imidazole rings is 1. The third-order valence-corrected chi connectivity index (χ3v) is 5.90. The van der Waals surface area contributed by atoms with Crippen molar-refractivity contribution < 1.29 is 0 Å². The van der Waals surface area contributed by atoms with Gasteiger partial charge in [-0.2, -0.15) is 11.8 Å². The molecule has 0 aliphatic carbocycles. The molecule has 0 N–H and O–H groups in total. The largest absolute Gasteiger partial charge is 0.333 e. The lowest BCUT2D eigenvalue weighted by atomic mass is 10.1. The highest BCUT2D eigenvalue weighted by atomic mass is 35.5. The maximum atomic E-state index is 6.35. The normalized spacial score (nSPS) is 12.5. The maximum Gasteiger partial charge on any atom is 0.0948 e. The van der Waals surface area contributed by atoms with Crippen LogP contribution in [0.5, 0.6) is 0 Å². The van der Waals surface area contributed by atoms with Crippen molar-refractivity contribution in [1.82, 2.24) is 9.55 Å². The van der Waals surface area contributed by atoms with Crippen LogP contribution in [0.4, 0.5) is 0 Å². The van der Waals surface area contributed by atoms with E-state index in [0.29, 0.717) is 11.1 Å². The second-order valence-electron chi connectivity index (χ2n) is 6.09. The standard InChI is InChI=1S/C19H26Cl2N2S/c1-2-3-4-5-6-11-24-14-18(23-10-9-22-15-23)12-16-7-8-17(20)13-19(16)21/h7-10,13,15,18H,2-6,11-12,14H2,1H3/t18-/m0/s1. The highest BCUT2D eigenvalue weighted by molar-refractivity contribution is 7.99. The van der Waals surface area contributed by atoms with Crippen LogP contribution in [0.2, 0.25) is 10.0 Å². The Morgan fingerprint density at radius 1 is 1.17 bits per heavy atom. The Morgan fingerprint density at radius 2 is 2.00 bits per heavy atom. The molecule has 0 saturated carbocycles. The zero-order valence-electron chi connectivity index (χ0n) is 14.3. The average molecular weight is 385 g/mol. The van der Waals surface area contributed by atoms with Gasteiger partial charge < -0.3 is 4.57 Å². The van der Waals surface area contributed by atoms with E-state index in [1.807, 2.05) is 48.7 Å². The Hall–Kier alpha value is -0.640. The van der Waals surface area contributed by atoms with Crippen molar-refractivity contribution in [3.8, 4) is 0 Å². The number of thioether (sulfide) groups is 1. The maximum absolute atomic E-state index is 6.35. The predicted octanol–water partition coefficient (Wildman–Crippen LogP) is 6.68. The second kappa shape index (κ2) is 11.1. The minimum atomic E-state index is 0.367. The molecule has 2 aromatic rings. The van der Waals surface area contributed by atoms with Crippen LogP contribution in [0.3, 0.4) is 0 Å². The van der Waals surface area contributed by atoms with E-state index >= 15 is 0 Å². The molecule has 2 rings (SSSR count). The van der Waals surface area contributed by atoms with Gasteiger partial charge in [0.2, 0.25) is 0 Å². The van der Waals surface area contributed by atoms with E-state index in [1.54, 1.807) is 0 Å². The summed E-state index contributed by atoms with van der Waals surface area (Å²) in [7, 11) is 0. The Balaban J connectivity index is 1.87. The molecular weight excluding hydrogens is 359 g/mol. The van der Waals surface area contributed by atoms with E-state index in [0.717, 1.165) is 22.8 Å².